The van der Waals surface area contributed by atoms with Gasteiger partial charge in [0.1, 0.15) is 5.75 Å². The van der Waals surface area contributed by atoms with Gasteiger partial charge in [-0.2, -0.15) is 11.1 Å². The van der Waals surface area contributed by atoms with Crippen LogP contribution in [-0.2, 0) is 10.0 Å². The third-order valence-corrected chi connectivity index (χ3v) is 4.16. The lowest BCUT2D eigenvalue weighted by Crippen LogP contribution is -2.27. The minimum atomic E-state index is -3.94. The molecule has 0 fully saturated rings. The number of hydrogen-bond donors (Lipinski definition) is 0. The summed E-state index contributed by atoms with van der Waals surface area (Å²) >= 11 is 6.09. The summed E-state index contributed by atoms with van der Waals surface area (Å²) in [6.07, 6.45) is 0.428. The Bertz CT molecular complexity index is 562. The number of ether oxygens (including phenoxy) is 1. The summed E-state index contributed by atoms with van der Waals surface area (Å²) in [7, 11) is -5.77. The fraction of sp³-hybridized carbons (Fsp3) is 0.333. The third-order valence-electron chi connectivity index (χ3n) is 1.85. The minimum absolute atomic E-state index is 0.0740. The Hall–Kier alpha value is -1.21. The van der Waals surface area contributed by atoms with E-state index in [-0.39, 0.29) is 4.90 Å². The second kappa shape index (κ2) is 5.62. The normalized spacial score (nSPS) is 11.7. The number of halogens is 1. The second-order valence-electron chi connectivity index (χ2n) is 4.12. The van der Waals surface area contributed by atoms with Gasteiger partial charge in [-0.05, 0) is 29.8 Å². The maximum atomic E-state index is 11.4. The Morgan fingerprint density at radius 3 is 2.39 bits per heavy atom. The molecule has 0 aliphatic rings. The summed E-state index contributed by atoms with van der Waals surface area (Å²) in [5, 5.41) is 0. The largest absolute Gasteiger partial charge is 0.496 e. The van der Waals surface area contributed by atoms with Crippen LogP contribution in [0.2, 0.25) is 13.1 Å². The molecule has 0 bridgehead atoms. The van der Waals surface area contributed by atoms with Crippen molar-refractivity contribution in [3.05, 3.63) is 34.7 Å². The third kappa shape index (κ3) is 4.57. The number of rotatable bonds is 5. The van der Waals surface area contributed by atoms with Gasteiger partial charge in [-0.15, -0.1) is 0 Å². The zero-order valence-electron chi connectivity index (χ0n) is 9.87. The molecule has 0 heterocycles. The molecule has 98 valence electrons. The maximum Gasteiger partial charge on any atom is 0.264 e. The van der Waals surface area contributed by atoms with E-state index in [1.807, 2.05) is 13.1 Å². The smallest absolute Gasteiger partial charge is 0.264 e. The first-order valence-corrected chi connectivity index (χ1v) is 10.6. The Kier molecular flexibility index (Phi) is 4.63. The topological polar surface area (TPSA) is 92.1 Å². The molecule has 1 aromatic rings. The van der Waals surface area contributed by atoms with Crippen molar-refractivity contribution in [3.8, 4) is 5.75 Å². The summed E-state index contributed by atoms with van der Waals surface area (Å²) in [6, 6.07) is 5.64. The molecule has 0 saturated carbocycles. The Morgan fingerprint density at radius 1 is 1.39 bits per heavy atom. The summed E-state index contributed by atoms with van der Waals surface area (Å²) in [5.74, 6) is 0.524. The zero-order chi connectivity index (χ0) is 13.8. The molecule has 18 heavy (non-hydrogen) atoms. The molecule has 0 aliphatic carbocycles. The summed E-state index contributed by atoms with van der Waals surface area (Å²) in [6.45, 7) is 3.88. The first-order chi connectivity index (χ1) is 8.24. The zero-order valence-corrected chi connectivity index (χ0v) is 12.4. The predicted molar refractivity (Wildman–Crippen MR) is 71.6 cm³/mol. The van der Waals surface area contributed by atoms with Crippen molar-refractivity contribution < 1.29 is 13.2 Å². The number of benzene rings is 1. The van der Waals surface area contributed by atoms with Crippen LogP contribution in [0.5, 0.6) is 5.75 Å². The fourth-order valence-corrected chi connectivity index (χ4v) is 2.40. The molecule has 1 aromatic carbocycles. The standard InChI is InChI=1S/C9H12ClN3O3SSi/c1-18(2,10)7-16-8-3-5-9(6-4-8)17(14,15)13-12-11/h3-6H,7H2,1-2H3. The van der Waals surface area contributed by atoms with Crippen LogP contribution < -0.4 is 4.74 Å². The van der Waals surface area contributed by atoms with Crippen LogP contribution in [0.1, 0.15) is 0 Å². The summed E-state index contributed by atoms with van der Waals surface area (Å²) in [4.78, 5) is 2.19. The highest BCUT2D eigenvalue weighted by molar-refractivity contribution is 7.90. The highest BCUT2D eigenvalue weighted by Crippen LogP contribution is 2.19. The molecular formula is C9H12ClN3O3SSi. The monoisotopic (exact) mass is 305 g/mol. The molecule has 0 saturated heterocycles. The summed E-state index contributed by atoms with van der Waals surface area (Å²) in [5.41, 5.74) is 8.14. The highest BCUT2D eigenvalue weighted by atomic mass is 35.6. The fourth-order valence-electron chi connectivity index (χ4n) is 1.06. The first-order valence-electron chi connectivity index (χ1n) is 4.98. The van der Waals surface area contributed by atoms with Crippen molar-refractivity contribution in [3.63, 3.8) is 0 Å². The number of sulfonamides is 1. The lowest BCUT2D eigenvalue weighted by molar-refractivity contribution is 0.380. The molecule has 0 radical (unpaired) electrons. The van der Waals surface area contributed by atoms with Gasteiger partial charge in [-0.3, -0.25) is 0 Å². The van der Waals surface area contributed by atoms with E-state index < -0.39 is 17.4 Å². The first kappa shape index (κ1) is 14.8. The molecule has 9 heteroatoms. The Morgan fingerprint density at radius 2 is 1.94 bits per heavy atom. The van der Waals surface area contributed by atoms with Gasteiger partial charge in [0.15, 0.2) is 7.38 Å². The van der Waals surface area contributed by atoms with Crippen LogP contribution in [0.25, 0.3) is 10.4 Å². The van der Waals surface area contributed by atoms with E-state index in [4.69, 9.17) is 21.3 Å². The van der Waals surface area contributed by atoms with Crippen molar-refractivity contribution in [2.75, 3.05) is 6.23 Å². The van der Waals surface area contributed by atoms with E-state index >= 15 is 0 Å². The van der Waals surface area contributed by atoms with Gasteiger partial charge in [0.05, 0.1) is 11.1 Å². The molecule has 0 amide bonds. The van der Waals surface area contributed by atoms with Gasteiger partial charge in [0.25, 0.3) is 10.0 Å². The number of nitrogens with zero attached hydrogens (tertiary/aromatic N) is 3. The van der Waals surface area contributed by atoms with Gasteiger partial charge < -0.3 is 4.74 Å². The number of azide groups is 1. The van der Waals surface area contributed by atoms with Crippen molar-refractivity contribution in [1.82, 2.24) is 0 Å². The highest BCUT2D eigenvalue weighted by Gasteiger charge is 2.18. The van der Waals surface area contributed by atoms with Gasteiger partial charge in [-0.1, -0.05) is 13.1 Å². The lowest BCUT2D eigenvalue weighted by atomic mass is 10.3. The second-order valence-corrected chi connectivity index (χ2v) is 12.5. The summed E-state index contributed by atoms with van der Waals surface area (Å²) < 4.78 is 30.9. The van der Waals surface area contributed by atoms with Crippen molar-refractivity contribution >= 4 is 28.5 Å². The molecule has 6 nitrogen and oxygen atoms in total. The van der Waals surface area contributed by atoms with Crippen LogP contribution in [0, 0.1) is 0 Å². The van der Waals surface area contributed by atoms with Gasteiger partial charge in [0.2, 0.25) is 0 Å². The molecule has 0 N–H and O–H groups in total. The minimum Gasteiger partial charge on any atom is -0.496 e. The molecular weight excluding hydrogens is 294 g/mol. The van der Waals surface area contributed by atoms with Crippen molar-refractivity contribution in [2.45, 2.75) is 18.0 Å². The van der Waals surface area contributed by atoms with E-state index in [1.54, 1.807) is 0 Å². The van der Waals surface area contributed by atoms with E-state index in [2.05, 4.69) is 9.43 Å². The van der Waals surface area contributed by atoms with E-state index in [9.17, 15) is 8.42 Å². The molecule has 0 aromatic heterocycles. The number of hydrogen-bond acceptors (Lipinski definition) is 3. The SMILES string of the molecule is C[Si](C)(Cl)COc1ccc(S(=O)(=O)N=[N+]=[N-])cc1. The molecule has 0 spiro atoms. The van der Waals surface area contributed by atoms with E-state index in [0.29, 0.717) is 12.0 Å². The maximum absolute atomic E-state index is 11.4. The van der Waals surface area contributed by atoms with E-state index in [0.717, 1.165) is 0 Å². The van der Waals surface area contributed by atoms with Crippen molar-refractivity contribution in [2.24, 2.45) is 4.52 Å². The quantitative estimate of drug-likeness (QED) is 0.275. The van der Waals surface area contributed by atoms with Gasteiger partial charge >= 0.3 is 0 Å². The van der Waals surface area contributed by atoms with E-state index in [1.165, 1.54) is 24.3 Å². The predicted octanol–water partition coefficient (Wildman–Crippen LogP) is 3.05. The molecule has 0 unspecified atom stereocenters. The molecule has 0 atom stereocenters. The van der Waals surface area contributed by atoms with Crippen LogP contribution in [0.4, 0.5) is 0 Å². The average Bonchev–Trinajstić information content (AvgIpc) is 2.26. The van der Waals surface area contributed by atoms with Crippen LogP contribution in [0.3, 0.4) is 0 Å². The molecule has 1 rings (SSSR count). The van der Waals surface area contributed by atoms with Crippen LogP contribution >= 0.6 is 11.1 Å². The Labute approximate surface area is 111 Å². The lowest BCUT2D eigenvalue weighted by Gasteiger charge is -2.14. The van der Waals surface area contributed by atoms with Crippen LogP contribution in [0.15, 0.2) is 33.7 Å². The van der Waals surface area contributed by atoms with Gasteiger partial charge in [0, 0.05) is 9.43 Å². The van der Waals surface area contributed by atoms with Gasteiger partial charge in [-0.25, -0.2) is 8.42 Å². The Balaban J connectivity index is 2.84. The molecule has 0 aliphatic heterocycles. The van der Waals surface area contributed by atoms with Crippen molar-refractivity contribution in [1.29, 1.82) is 0 Å². The average molecular weight is 306 g/mol. The van der Waals surface area contributed by atoms with Crippen LogP contribution in [-0.4, -0.2) is 22.0 Å².